The number of likely N-dealkylation sites (tertiary alicyclic amines) is 1. The molecular weight excluding hydrogens is 431 g/mol. The predicted octanol–water partition coefficient (Wildman–Crippen LogP) is 5.14. The van der Waals surface area contributed by atoms with Gasteiger partial charge in [-0.1, -0.05) is 18.2 Å². The van der Waals surface area contributed by atoms with Crippen LogP contribution in [-0.2, 0) is 11.2 Å². The third kappa shape index (κ3) is 4.67. The summed E-state index contributed by atoms with van der Waals surface area (Å²) in [6, 6.07) is 8.39. The zero-order chi connectivity index (χ0) is 22.7. The van der Waals surface area contributed by atoms with Crippen LogP contribution in [0.5, 0.6) is 5.75 Å². The number of rotatable bonds is 6. The summed E-state index contributed by atoms with van der Waals surface area (Å²) >= 11 is 5.92. The second-order valence-electron chi connectivity index (χ2n) is 7.83. The number of aromatic nitrogens is 2. The molecule has 0 spiro atoms. The molecule has 0 saturated carbocycles. The summed E-state index contributed by atoms with van der Waals surface area (Å²) < 4.78 is 19.2. The number of anilines is 2. The Labute approximate surface area is 191 Å². The molecule has 6 nitrogen and oxygen atoms in total. The quantitative estimate of drug-likeness (QED) is 0.522. The van der Waals surface area contributed by atoms with E-state index >= 15 is 0 Å². The summed E-state index contributed by atoms with van der Waals surface area (Å²) in [5, 5.41) is 4.09. The van der Waals surface area contributed by atoms with Crippen LogP contribution in [0, 0.1) is 11.7 Å². The SMILES string of the molecule is C=CC(=O)N1CCC(Cc2cc3c(Nc4ccc(F)c(Cl)c4)ncnc3cc2OC)CC1. The fourth-order valence-electron chi connectivity index (χ4n) is 4.09. The number of nitrogens with one attached hydrogen (secondary N) is 1. The minimum atomic E-state index is -0.474. The van der Waals surface area contributed by atoms with Gasteiger partial charge in [-0.25, -0.2) is 14.4 Å². The lowest BCUT2D eigenvalue weighted by atomic mass is 9.89. The minimum Gasteiger partial charge on any atom is -0.496 e. The highest BCUT2D eigenvalue weighted by atomic mass is 35.5. The summed E-state index contributed by atoms with van der Waals surface area (Å²) in [6.07, 6.45) is 5.51. The van der Waals surface area contributed by atoms with Crippen molar-refractivity contribution in [1.29, 1.82) is 0 Å². The van der Waals surface area contributed by atoms with Crippen LogP contribution in [-0.4, -0.2) is 41.0 Å². The lowest BCUT2D eigenvalue weighted by Gasteiger charge is -2.31. The van der Waals surface area contributed by atoms with Crippen LogP contribution in [0.25, 0.3) is 10.9 Å². The molecule has 0 unspecified atom stereocenters. The van der Waals surface area contributed by atoms with Gasteiger partial charge in [0.1, 0.15) is 23.7 Å². The molecule has 166 valence electrons. The van der Waals surface area contributed by atoms with Crippen molar-refractivity contribution in [3.8, 4) is 5.75 Å². The molecule has 0 atom stereocenters. The van der Waals surface area contributed by atoms with Gasteiger partial charge in [0.15, 0.2) is 0 Å². The first-order chi connectivity index (χ1) is 15.5. The van der Waals surface area contributed by atoms with E-state index in [9.17, 15) is 9.18 Å². The first-order valence-corrected chi connectivity index (χ1v) is 10.8. The first-order valence-electron chi connectivity index (χ1n) is 10.4. The van der Waals surface area contributed by atoms with Gasteiger partial charge in [-0.05, 0) is 61.1 Å². The Hall–Kier alpha value is -3.19. The van der Waals surface area contributed by atoms with Crippen LogP contribution < -0.4 is 10.1 Å². The summed E-state index contributed by atoms with van der Waals surface area (Å²) in [4.78, 5) is 22.4. The zero-order valence-electron chi connectivity index (χ0n) is 17.8. The Morgan fingerprint density at radius 3 is 2.78 bits per heavy atom. The summed E-state index contributed by atoms with van der Waals surface area (Å²) in [6.45, 7) is 5.03. The molecule has 1 aromatic heterocycles. The summed E-state index contributed by atoms with van der Waals surface area (Å²) in [7, 11) is 1.65. The van der Waals surface area contributed by atoms with Gasteiger partial charge < -0.3 is 15.0 Å². The second-order valence-corrected chi connectivity index (χ2v) is 8.24. The van der Waals surface area contributed by atoms with E-state index in [2.05, 4.69) is 21.9 Å². The molecule has 8 heteroatoms. The van der Waals surface area contributed by atoms with Crippen LogP contribution in [0.2, 0.25) is 5.02 Å². The molecule has 32 heavy (non-hydrogen) atoms. The average Bonchev–Trinajstić information content (AvgIpc) is 2.81. The van der Waals surface area contributed by atoms with Crippen molar-refractivity contribution in [1.82, 2.24) is 14.9 Å². The van der Waals surface area contributed by atoms with Crippen molar-refractivity contribution in [3.05, 3.63) is 65.7 Å². The number of ether oxygens (including phenoxy) is 1. The fraction of sp³-hybridized carbons (Fsp3) is 0.292. The van der Waals surface area contributed by atoms with Crippen LogP contribution in [0.15, 0.2) is 49.3 Å². The zero-order valence-corrected chi connectivity index (χ0v) is 18.5. The normalized spacial score (nSPS) is 14.4. The number of halogens is 2. The van der Waals surface area contributed by atoms with E-state index in [4.69, 9.17) is 16.3 Å². The Morgan fingerprint density at radius 2 is 2.09 bits per heavy atom. The Morgan fingerprint density at radius 1 is 1.31 bits per heavy atom. The number of piperidine rings is 1. The van der Waals surface area contributed by atoms with Gasteiger partial charge in [0, 0.05) is 30.2 Å². The summed E-state index contributed by atoms with van der Waals surface area (Å²) in [5.41, 5.74) is 2.43. The molecule has 1 saturated heterocycles. The number of hydrogen-bond donors (Lipinski definition) is 1. The number of carbonyl (C=O) groups is 1. The van der Waals surface area contributed by atoms with Crippen LogP contribution in [0.1, 0.15) is 18.4 Å². The average molecular weight is 455 g/mol. The highest BCUT2D eigenvalue weighted by Crippen LogP contribution is 2.33. The van der Waals surface area contributed by atoms with Crippen molar-refractivity contribution in [2.24, 2.45) is 5.92 Å². The number of benzene rings is 2. The maximum Gasteiger partial charge on any atom is 0.245 e. The monoisotopic (exact) mass is 454 g/mol. The van der Waals surface area contributed by atoms with E-state index in [0.717, 1.165) is 54.6 Å². The third-order valence-electron chi connectivity index (χ3n) is 5.83. The van der Waals surface area contributed by atoms with Crippen molar-refractivity contribution < 1.29 is 13.9 Å². The van der Waals surface area contributed by atoms with E-state index in [0.29, 0.717) is 17.4 Å². The molecule has 1 aliphatic rings. The molecule has 4 rings (SSSR count). The highest BCUT2D eigenvalue weighted by molar-refractivity contribution is 6.31. The molecule has 2 aromatic carbocycles. The molecule has 0 radical (unpaired) electrons. The van der Waals surface area contributed by atoms with Crippen LogP contribution in [0.3, 0.4) is 0 Å². The van der Waals surface area contributed by atoms with Gasteiger partial charge in [0.2, 0.25) is 5.91 Å². The van der Waals surface area contributed by atoms with Gasteiger partial charge in [-0.3, -0.25) is 4.79 Å². The molecule has 0 bridgehead atoms. The van der Waals surface area contributed by atoms with Crippen molar-refractivity contribution in [3.63, 3.8) is 0 Å². The second kappa shape index (κ2) is 9.53. The van der Waals surface area contributed by atoms with Gasteiger partial charge >= 0.3 is 0 Å². The molecule has 0 aliphatic carbocycles. The summed E-state index contributed by atoms with van der Waals surface area (Å²) in [5.74, 6) is 1.33. The number of nitrogens with zero attached hydrogens (tertiary/aromatic N) is 3. The molecule has 1 aliphatic heterocycles. The van der Waals surface area contributed by atoms with Crippen LogP contribution >= 0.6 is 11.6 Å². The largest absolute Gasteiger partial charge is 0.496 e. The molecule has 3 aromatic rings. The Balaban J connectivity index is 1.60. The molecule has 2 heterocycles. The maximum atomic E-state index is 13.5. The lowest BCUT2D eigenvalue weighted by Crippen LogP contribution is -2.37. The van der Waals surface area contributed by atoms with Crippen LogP contribution in [0.4, 0.5) is 15.9 Å². The fourth-order valence-corrected chi connectivity index (χ4v) is 4.27. The van der Waals surface area contributed by atoms with E-state index in [-0.39, 0.29) is 10.9 Å². The van der Waals surface area contributed by atoms with Gasteiger partial charge in [0.05, 0.1) is 17.6 Å². The molecule has 1 N–H and O–H groups in total. The number of amides is 1. The standard InChI is InChI=1S/C24H24ClFN4O2/c1-3-23(31)30-8-6-15(7-9-30)10-16-11-18-21(13-22(16)32-2)27-14-28-24(18)29-17-4-5-20(26)19(25)12-17/h3-5,11-15H,1,6-10H2,2H3,(H,27,28,29). The predicted molar refractivity (Wildman–Crippen MR) is 124 cm³/mol. The highest BCUT2D eigenvalue weighted by Gasteiger charge is 2.23. The number of hydrogen-bond acceptors (Lipinski definition) is 5. The molecular formula is C24H24ClFN4O2. The molecule has 1 amide bonds. The Bertz CT molecular complexity index is 1160. The van der Waals surface area contributed by atoms with E-state index in [1.807, 2.05) is 17.0 Å². The number of carbonyl (C=O) groups excluding carboxylic acids is 1. The third-order valence-corrected chi connectivity index (χ3v) is 6.12. The van der Waals surface area contributed by atoms with Crippen molar-refractivity contribution >= 4 is 39.9 Å². The van der Waals surface area contributed by atoms with E-state index < -0.39 is 5.82 Å². The van der Waals surface area contributed by atoms with Gasteiger partial charge in [0.25, 0.3) is 0 Å². The smallest absolute Gasteiger partial charge is 0.245 e. The van der Waals surface area contributed by atoms with E-state index in [1.165, 1.54) is 24.5 Å². The number of fused-ring (bicyclic) bond motifs is 1. The van der Waals surface area contributed by atoms with Gasteiger partial charge in [-0.2, -0.15) is 0 Å². The first kappa shape index (κ1) is 22.0. The van der Waals surface area contributed by atoms with Crippen molar-refractivity contribution in [2.75, 3.05) is 25.5 Å². The Kier molecular flexibility index (Phi) is 6.55. The minimum absolute atomic E-state index is 0.0134. The molecule has 1 fully saturated rings. The number of methoxy groups -OCH3 is 1. The van der Waals surface area contributed by atoms with Gasteiger partial charge in [-0.15, -0.1) is 0 Å². The van der Waals surface area contributed by atoms with E-state index in [1.54, 1.807) is 13.2 Å². The lowest BCUT2D eigenvalue weighted by molar-refractivity contribution is -0.127. The topological polar surface area (TPSA) is 67.4 Å². The van der Waals surface area contributed by atoms with Crippen molar-refractivity contribution in [2.45, 2.75) is 19.3 Å². The maximum absolute atomic E-state index is 13.5.